The van der Waals surface area contributed by atoms with Gasteiger partial charge < -0.3 is 5.32 Å². The van der Waals surface area contributed by atoms with Gasteiger partial charge >= 0.3 is 0 Å². The maximum absolute atomic E-state index is 13.3. The van der Waals surface area contributed by atoms with Gasteiger partial charge in [-0.15, -0.1) is 0 Å². The second kappa shape index (κ2) is 9.06. The van der Waals surface area contributed by atoms with Crippen LogP contribution in [0.2, 0.25) is 5.02 Å². The monoisotopic (exact) mass is 468 g/mol. The minimum absolute atomic E-state index is 0.0620. The molecule has 0 radical (unpaired) electrons. The number of sulfonamides is 1. The van der Waals surface area contributed by atoms with Crippen molar-refractivity contribution in [2.24, 2.45) is 0 Å². The maximum atomic E-state index is 13.3. The van der Waals surface area contributed by atoms with E-state index < -0.39 is 15.9 Å². The molecular weight excluding hydrogens is 444 g/mol. The number of amides is 1. The molecule has 0 aromatic heterocycles. The zero-order valence-electron chi connectivity index (χ0n) is 18.1. The number of benzene rings is 3. The van der Waals surface area contributed by atoms with Gasteiger partial charge in [0.25, 0.3) is 5.91 Å². The maximum Gasteiger partial charge on any atom is 0.257 e. The Bertz CT molecular complexity index is 1290. The van der Waals surface area contributed by atoms with Gasteiger partial charge in [0.05, 0.1) is 15.5 Å². The summed E-state index contributed by atoms with van der Waals surface area (Å²) in [6.07, 6.45) is 1.42. The molecule has 4 rings (SSSR count). The standard InChI is InChI=1S/C25H25ClN2O3S/c1-3-18-10-6-7-17(2)24(18)27-25(29)22-15-21(11-12-23(22)26)32(30,31)28-14-13-19-8-4-5-9-20(19)16-28/h4-12,15H,3,13-14,16H2,1-2H3,(H,27,29). The summed E-state index contributed by atoms with van der Waals surface area (Å²) in [4.78, 5) is 13.1. The fourth-order valence-electron chi connectivity index (χ4n) is 4.05. The molecule has 0 saturated heterocycles. The van der Waals surface area contributed by atoms with E-state index in [0.717, 1.165) is 28.8 Å². The molecular formula is C25H25ClN2O3S. The third-order valence-corrected chi connectivity index (χ3v) is 8.07. The Labute approximate surface area is 194 Å². The second-order valence-corrected chi connectivity index (χ2v) is 10.3. The van der Waals surface area contributed by atoms with Crippen LogP contribution in [0, 0.1) is 6.92 Å². The summed E-state index contributed by atoms with van der Waals surface area (Å²) in [6.45, 7) is 4.64. The first-order chi connectivity index (χ1) is 15.3. The van der Waals surface area contributed by atoms with Gasteiger partial charge in [0.2, 0.25) is 10.0 Å². The van der Waals surface area contributed by atoms with E-state index in [1.807, 2.05) is 56.3 Å². The molecule has 32 heavy (non-hydrogen) atoms. The highest BCUT2D eigenvalue weighted by Crippen LogP contribution is 2.29. The molecule has 5 nitrogen and oxygen atoms in total. The highest BCUT2D eigenvalue weighted by molar-refractivity contribution is 7.89. The second-order valence-electron chi connectivity index (χ2n) is 7.92. The number of hydrogen-bond donors (Lipinski definition) is 1. The first-order valence-electron chi connectivity index (χ1n) is 10.6. The fourth-order valence-corrected chi connectivity index (χ4v) is 5.69. The summed E-state index contributed by atoms with van der Waals surface area (Å²) in [5, 5.41) is 3.13. The van der Waals surface area contributed by atoms with Crippen molar-refractivity contribution in [2.45, 2.75) is 38.1 Å². The van der Waals surface area contributed by atoms with Gasteiger partial charge in [-0.3, -0.25) is 4.79 Å². The third kappa shape index (κ3) is 4.31. The number of nitrogens with one attached hydrogen (secondary N) is 1. The third-order valence-electron chi connectivity index (χ3n) is 5.89. The van der Waals surface area contributed by atoms with E-state index in [1.54, 1.807) is 0 Å². The first kappa shape index (κ1) is 22.5. The Balaban J connectivity index is 1.64. The predicted octanol–water partition coefficient (Wildman–Crippen LogP) is 5.21. The van der Waals surface area contributed by atoms with Crippen LogP contribution in [0.5, 0.6) is 0 Å². The van der Waals surface area contributed by atoms with Crippen molar-refractivity contribution in [1.82, 2.24) is 4.31 Å². The average Bonchev–Trinajstić information content (AvgIpc) is 2.80. The number of halogens is 1. The molecule has 0 atom stereocenters. The number of aryl methyl sites for hydroxylation is 2. The van der Waals surface area contributed by atoms with E-state index in [4.69, 9.17) is 11.6 Å². The fraction of sp³-hybridized carbons (Fsp3) is 0.240. The van der Waals surface area contributed by atoms with Gasteiger partial charge in [0, 0.05) is 18.8 Å². The molecule has 1 aliphatic heterocycles. The summed E-state index contributed by atoms with van der Waals surface area (Å²) in [5.74, 6) is -0.431. The molecule has 1 heterocycles. The molecule has 0 fully saturated rings. The molecule has 0 aliphatic carbocycles. The summed E-state index contributed by atoms with van der Waals surface area (Å²) < 4.78 is 28.1. The molecule has 0 unspecified atom stereocenters. The molecule has 1 N–H and O–H groups in total. The Morgan fingerprint density at radius 3 is 2.56 bits per heavy atom. The number of fused-ring (bicyclic) bond motifs is 1. The smallest absolute Gasteiger partial charge is 0.257 e. The molecule has 0 spiro atoms. The minimum atomic E-state index is -3.78. The summed E-state index contributed by atoms with van der Waals surface area (Å²) in [7, 11) is -3.78. The van der Waals surface area contributed by atoms with Crippen LogP contribution in [-0.2, 0) is 29.4 Å². The normalized spacial score (nSPS) is 14.1. The van der Waals surface area contributed by atoms with Gasteiger partial charge in [-0.1, -0.05) is 61.0 Å². The van der Waals surface area contributed by atoms with Crippen LogP contribution in [0.25, 0.3) is 0 Å². The van der Waals surface area contributed by atoms with E-state index in [-0.39, 0.29) is 15.5 Å². The Kier molecular flexibility index (Phi) is 6.38. The van der Waals surface area contributed by atoms with E-state index >= 15 is 0 Å². The Hall–Kier alpha value is -2.67. The minimum Gasteiger partial charge on any atom is -0.321 e. The number of carbonyl (C=O) groups is 1. The molecule has 0 saturated carbocycles. The largest absolute Gasteiger partial charge is 0.321 e. The van der Waals surface area contributed by atoms with Gasteiger partial charge in [0.1, 0.15) is 0 Å². The quantitative estimate of drug-likeness (QED) is 0.559. The Morgan fingerprint density at radius 2 is 1.81 bits per heavy atom. The topological polar surface area (TPSA) is 66.5 Å². The van der Waals surface area contributed by atoms with Crippen LogP contribution in [0.4, 0.5) is 5.69 Å². The summed E-state index contributed by atoms with van der Waals surface area (Å²) >= 11 is 6.30. The molecule has 3 aromatic carbocycles. The zero-order chi connectivity index (χ0) is 22.9. The molecule has 166 valence electrons. The van der Waals surface area contributed by atoms with Crippen molar-refractivity contribution < 1.29 is 13.2 Å². The van der Waals surface area contributed by atoms with Crippen molar-refractivity contribution in [3.8, 4) is 0 Å². The number of para-hydroxylation sites is 1. The van der Waals surface area contributed by atoms with Gasteiger partial charge in [-0.2, -0.15) is 4.31 Å². The number of carbonyl (C=O) groups excluding carboxylic acids is 1. The van der Waals surface area contributed by atoms with E-state index in [9.17, 15) is 13.2 Å². The average molecular weight is 469 g/mol. The first-order valence-corrected chi connectivity index (χ1v) is 12.4. The number of rotatable bonds is 5. The lowest BCUT2D eigenvalue weighted by molar-refractivity contribution is 0.102. The van der Waals surface area contributed by atoms with Crippen molar-refractivity contribution in [1.29, 1.82) is 0 Å². The lowest BCUT2D eigenvalue weighted by atomic mass is 10.0. The lowest BCUT2D eigenvalue weighted by Crippen LogP contribution is -2.36. The van der Waals surface area contributed by atoms with Crippen LogP contribution >= 0.6 is 11.6 Å². The molecule has 3 aromatic rings. The zero-order valence-corrected chi connectivity index (χ0v) is 19.6. The Morgan fingerprint density at radius 1 is 1.06 bits per heavy atom. The highest BCUT2D eigenvalue weighted by atomic mass is 35.5. The number of nitrogens with zero attached hydrogens (tertiary/aromatic N) is 1. The van der Waals surface area contributed by atoms with Crippen LogP contribution in [0.3, 0.4) is 0 Å². The van der Waals surface area contributed by atoms with Crippen molar-refractivity contribution in [3.63, 3.8) is 0 Å². The number of anilines is 1. The highest BCUT2D eigenvalue weighted by Gasteiger charge is 2.29. The van der Waals surface area contributed by atoms with Crippen LogP contribution < -0.4 is 5.32 Å². The van der Waals surface area contributed by atoms with Gasteiger partial charge in [-0.05, 0) is 60.2 Å². The van der Waals surface area contributed by atoms with Gasteiger partial charge in [-0.25, -0.2) is 8.42 Å². The molecule has 0 bridgehead atoms. The van der Waals surface area contributed by atoms with E-state index in [1.165, 1.54) is 28.1 Å². The summed E-state index contributed by atoms with van der Waals surface area (Å²) in [5.41, 5.74) is 4.98. The molecule has 1 amide bonds. The van der Waals surface area contributed by atoms with Crippen molar-refractivity contribution in [2.75, 3.05) is 11.9 Å². The van der Waals surface area contributed by atoms with E-state index in [2.05, 4.69) is 5.32 Å². The molecule has 7 heteroatoms. The van der Waals surface area contributed by atoms with Crippen LogP contribution in [-0.4, -0.2) is 25.2 Å². The SMILES string of the molecule is CCc1cccc(C)c1NC(=O)c1cc(S(=O)(=O)N2CCc3ccccc3C2)ccc1Cl. The van der Waals surface area contributed by atoms with Crippen molar-refractivity contribution in [3.05, 3.63) is 93.5 Å². The van der Waals surface area contributed by atoms with E-state index in [0.29, 0.717) is 19.5 Å². The summed E-state index contributed by atoms with van der Waals surface area (Å²) in [6, 6.07) is 18.0. The number of hydrogen-bond acceptors (Lipinski definition) is 3. The van der Waals surface area contributed by atoms with Gasteiger partial charge in [0.15, 0.2) is 0 Å². The predicted molar refractivity (Wildman–Crippen MR) is 128 cm³/mol. The molecule has 1 aliphatic rings. The van der Waals surface area contributed by atoms with Crippen LogP contribution in [0.15, 0.2) is 65.6 Å². The van der Waals surface area contributed by atoms with Crippen molar-refractivity contribution >= 4 is 33.2 Å². The van der Waals surface area contributed by atoms with Crippen LogP contribution in [0.1, 0.15) is 39.5 Å². The lowest BCUT2D eigenvalue weighted by Gasteiger charge is -2.28.